The number of nitrogens with one attached hydrogen (secondary N) is 1. The number of amides is 1. The molecule has 4 nitrogen and oxygen atoms in total. The lowest BCUT2D eigenvalue weighted by Gasteiger charge is -2.11. The lowest BCUT2D eigenvalue weighted by atomic mass is 10.2. The number of halogens is 1. The minimum Gasteiger partial charge on any atom is -0.348 e. The second-order valence-corrected chi connectivity index (χ2v) is 6.86. The molecule has 0 aliphatic heterocycles. The Morgan fingerprint density at radius 1 is 1.35 bits per heavy atom. The zero-order chi connectivity index (χ0) is 17.0. The first kappa shape index (κ1) is 17.5. The summed E-state index contributed by atoms with van der Waals surface area (Å²) < 4.78 is 3.03. The third-order valence-corrected chi connectivity index (χ3v) is 4.34. The van der Waals surface area contributed by atoms with Crippen LogP contribution in [0.3, 0.4) is 0 Å². The van der Waals surface area contributed by atoms with Crippen LogP contribution in [-0.2, 0) is 6.54 Å². The fraction of sp³-hybridized carbons (Fsp3) is 0.333. The van der Waals surface area contributed by atoms with Crippen LogP contribution in [0.15, 0.2) is 39.9 Å². The van der Waals surface area contributed by atoms with E-state index in [1.807, 2.05) is 18.2 Å². The largest absolute Gasteiger partial charge is 0.348 e. The van der Waals surface area contributed by atoms with Crippen molar-refractivity contribution in [3.05, 3.63) is 57.3 Å². The Balaban J connectivity index is 2.09. The molecule has 0 radical (unpaired) electrons. The lowest BCUT2D eigenvalue weighted by molar-refractivity contribution is 0.0954. The van der Waals surface area contributed by atoms with E-state index in [1.165, 1.54) is 5.69 Å². The highest BCUT2D eigenvalue weighted by atomic mass is 79.9. The predicted molar refractivity (Wildman–Crippen MR) is 97.9 cm³/mol. The number of carbonyl (C=O) groups is 1. The van der Waals surface area contributed by atoms with Crippen molar-refractivity contribution in [1.82, 2.24) is 9.99 Å². The molecule has 2 aromatic rings. The predicted octanol–water partition coefficient (Wildman–Crippen LogP) is 4.29. The molecule has 0 spiro atoms. The summed E-state index contributed by atoms with van der Waals surface area (Å²) in [5, 5.41) is 4.09. The topological polar surface area (TPSA) is 46.4 Å². The average Bonchev–Trinajstić information content (AvgIpc) is 2.75. The van der Waals surface area contributed by atoms with Crippen molar-refractivity contribution >= 4 is 28.1 Å². The average molecular weight is 376 g/mol. The van der Waals surface area contributed by atoms with Gasteiger partial charge in [-0.3, -0.25) is 4.79 Å². The molecule has 5 heteroatoms. The molecule has 0 saturated carbocycles. The molecule has 1 heterocycles. The summed E-state index contributed by atoms with van der Waals surface area (Å²) in [6, 6.07) is 9.37. The van der Waals surface area contributed by atoms with E-state index in [0.29, 0.717) is 11.5 Å². The van der Waals surface area contributed by atoms with Crippen LogP contribution in [0.25, 0.3) is 0 Å². The summed E-state index contributed by atoms with van der Waals surface area (Å²) in [5.74, 6) is 0.351. The first-order chi connectivity index (χ1) is 10.9. The van der Waals surface area contributed by atoms with Gasteiger partial charge in [-0.15, -0.1) is 0 Å². The van der Waals surface area contributed by atoms with Crippen LogP contribution in [0, 0.1) is 19.8 Å². The number of aryl methyl sites for hydroxylation is 1. The van der Waals surface area contributed by atoms with Gasteiger partial charge in [-0.1, -0.05) is 26.0 Å². The van der Waals surface area contributed by atoms with E-state index in [2.05, 4.69) is 64.8 Å². The number of aromatic nitrogens is 1. The minimum absolute atomic E-state index is 0.232. The first-order valence-corrected chi connectivity index (χ1v) is 8.44. The van der Waals surface area contributed by atoms with E-state index in [9.17, 15) is 4.79 Å². The first-order valence-electron chi connectivity index (χ1n) is 7.64. The SMILES string of the molecule is Cc1cc(C=NNC(=O)c2ccccc2Br)c(C)n1CC(C)C. The molecule has 0 atom stereocenters. The number of benzene rings is 1. The van der Waals surface area contributed by atoms with Crippen LogP contribution in [0.2, 0.25) is 0 Å². The summed E-state index contributed by atoms with van der Waals surface area (Å²) in [6.45, 7) is 9.54. The van der Waals surface area contributed by atoms with Crippen molar-refractivity contribution in [2.24, 2.45) is 11.0 Å². The number of hydrazone groups is 1. The van der Waals surface area contributed by atoms with Crippen molar-refractivity contribution in [3.63, 3.8) is 0 Å². The van der Waals surface area contributed by atoms with Crippen LogP contribution in [-0.4, -0.2) is 16.7 Å². The molecule has 1 aromatic carbocycles. The number of hydrogen-bond acceptors (Lipinski definition) is 2. The standard InChI is InChI=1S/C18H22BrN3O/c1-12(2)11-22-13(3)9-15(14(22)4)10-20-21-18(23)16-7-5-6-8-17(16)19/h5-10,12H,11H2,1-4H3,(H,21,23). The third kappa shape index (κ3) is 4.32. The van der Waals surface area contributed by atoms with Gasteiger partial charge < -0.3 is 4.57 Å². The van der Waals surface area contributed by atoms with E-state index in [0.717, 1.165) is 22.3 Å². The number of rotatable bonds is 5. The lowest BCUT2D eigenvalue weighted by Crippen LogP contribution is -2.18. The molecule has 1 aromatic heterocycles. The van der Waals surface area contributed by atoms with Crippen molar-refractivity contribution in [3.8, 4) is 0 Å². The van der Waals surface area contributed by atoms with Crippen LogP contribution in [0.4, 0.5) is 0 Å². The molecule has 1 N–H and O–H groups in total. The van der Waals surface area contributed by atoms with E-state index in [4.69, 9.17) is 0 Å². The Morgan fingerprint density at radius 2 is 2.04 bits per heavy atom. The zero-order valence-corrected chi connectivity index (χ0v) is 15.5. The van der Waals surface area contributed by atoms with Gasteiger partial charge in [0, 0.05) is 28.0 Å². The molecular formula is C18H22BrN3O. The highest BCUT2D eigenvalue weighted by Crippen LogP contribution is 2.16. The second kappa shape index (κ2) is 7.59. The molecule has 0 aliphatic rings. The molecule has 0 fully saturated rings. The zero-order valence-electron chi connectivity index (χ0n) is 13.9. The second-order valence-electron chi connectivity index (χ2n) is 6.01. The fourth-order valence-corrected chi connectivity index (χ4v) is 2.94. The molecule has 122 valence electrons. The van der Waals surface area contributed by atoms with Crippen LogP contribution < -0.4 is 5.43 Å². The highest BCUT2D eigenvalue weighted by Gasteiger charge is 2.10. The van der Waals surface area contributed by atoms with Gasteiger partial charge in [0.05, 0.1) is 11.8 Å². The van der Waals surface area contributed by atoms with Crippen LogP contribution in [0.5, 0.6) is 0 Å². The van der Waals surface area contributed by atoms with Gasteiger partial charge in [0.2, 0.25) is 0 Å². The number of hydrogen-bond donors (Lipinski definition) is 1. The van der Waals surface area contributed by atoms with Crippen molar-refractivity contribution < 1.29 is 4.79 Å². The van der Waals surface area contributed by atoms with Gasteiger partial charge in [-0.25, -0.2) is 5.43 Å². The molecule has 0 saturated heterocycles. The van der Waals surface area contributed by atoms with Crippen molar-refractivity contribution in [2.75, 3.05) is 0 Å². The maximum Gasteiger partial charge on any atom is 0.272 e. The van der Waals surface area contributed by atoms with Gasteiger partial charge >= 0.3 is 0 Å². The summed E-state index contributed by atoms with van der Waals surface area (Å²) in [5.41, 5.74) is 6.53. The smallest absolute Gasteiger partial charge is 0.272 e. The normalized spacial score (nSPS) is 11.4. The molecule has 0 bridgehead atoms. The van der Waals surface area contributed by atoms with Gasteiger partial charge in [0.1, 0.15) is 0 Å². The Hall–Kier alpha value is -1.88. The van der Waals surface area contributed by atoms with Gasteiger partial charge in [-0.05, 0) is 53.9 Å². The Bertz CT molecular complexity index is 732. The molecular weight excluding hydrogens is 354 g/mol. The van der Waals surface area contributed by atoms with E-state index in [1.54, 1.807) is 12.3 Å². The summed E-state index contributed by atoms with van der Waals surface area (Å²) >= 11 is 3.36. The highest BCUT2D eigenvalue weighted by molar-refractivity contribution is 9.10. The molecule has 2 rings (SSSR count). The molecule has 23 heavy (non-hydrogen) atoms. The van der Waals surface area contributed by atoms with E-state index >= 15 is 0 Å². The van der Waals surface area contributed by atoms with Crippen LogP contribution >= 0.6 is 15.9 Å². The fourth-order valence-electron chi connectivity index (χ4n) is 2.47. The van der Waals surface area contributed by atoms with E-state index in [-0.39, 0.29) is 5.91 Å². The maximum absolute atomic E-state index is 12.1. The summed E-state index contributed by atoms with van der Waals surface area (Å²) in [4.78, 5) is 12.1. The maximum atomic E-state index is 12.1. The molecule has 1 amide bonds. The Labute approximate surface area is 145 Å². The summed E-state index contributed by atoms with van der Waals surface area (Å²) in [7, 11) is 0. The van der Waals surface area contributed by atoms with Gasteiger partial charge in [0.15, 0.2) is 0 Å². The quantitative estimate of drug-likeness (QED) is 0.614. The number of carbonyl (C=O) groups excluding carboxylic acids is 1. The van der Waals surface area contributed by atoms with Crippen molar-refractivity contribution in [1.29, 1.82) is 0 Å². The monoisotopic (exact) mass is 375 g/mol. The Kier molecular flexibility index (Phi) is 5.77. The van der Waals surface area contributed by atoms with Gasteiger partial charge in [-0.2, -0.15) is 5.10 Å². The third-order valence-electron chi connectivity index (χ3n) is 3.65. The van der Waals surface area contributed by atoms with Crippen LogP contribution in [0.1, 0.15) is 41.2 Å². The molecule has 0 aliphatic carbocycles. The molecule has 0 unspecified atom stereocenters. The Morgan fingerprint density at radius 3 is 2.70 bits per heavy atom. The van der Waals surface area contributed by atoms with Crippen molar-refractivity contribution in [2.45, 2.75) is 34.2 Å². The number of nitrogens with zero attached hydrogens (tertiary/aromatic N) is 2. The minimum atomic E-state index is -0.232. The van der Waals surface area contributed by atoms with Gasteiger partial charge in [0.25, 0.3) is 5.91 Å². The van der Waals surface area contributed by atoms with E-state index < -0.39 is 0 Å². The summed E-state index contributed by atoms with van der Waals surface area (Å²) in [6.07, 6.45) is 1.70.